The first-order valence-corrected chi connectivity index (χ1v) is 7.76. The van der Waals surface area contributed by atoms with Crippen molar-refractivity contribution in [1.29, 1.82) is 0 Å². The number of hydrogen-bond donors (Lipinski definition) is 1. The van der Waals surface area contributed by atoms with Crippen LogP contribution >= 0.6 is 0 Å². The fourth-order valence-corrected chi connectivity index (χ4v) is 2.70. The lowest BCUT2D eigenvalue weighted by molar-refractivity contribution is 0.145. The predicted molar refractivity (Wildman–Crippen MR) is 88.0 cm³/mol. The molecule has 0 unspecified atom stereocenters. The highest BCUT2D eigenvalue weighted by molar-refractivity contribution is 5.88. The molecule has 6 heteroatoms. The van der Waals surface area contributed by atoms with Crippen LogP contribution in [0.4, 0.5) is 5.82 Å². The van der Waals surface area contributed by atoms with Gasteiger partial charge in [-0.15, -0.1) is 0 Å². The first-order valence-electron chi connectivity index (χ1n) is 7.76. The minimum atomic E-state index is 0.506. The number of anilines is 1. The van der Waals surface area contributed by atoms with E-state index in [1.807, 2.05) is 18.2 Å². The summed E-state index contributed by atoms with van der Waals surface area (Å²) in [6, 6.07) is 5.77. The molecular weight excluding hydrogens is 278 g/mol. The van der Waals surface area contributed by atoms with Crippen molar-refractivity contribution in [3.63, 3.8) is 0 Å². The van der Waals surface area contributed by atoms with Crippen molar-refractivity contribution in [3.8, 4) is 5.75 Å². The molecule has 3 rings (SSSR count). The molecule has 0 saturated carbocycles. The van der Waals surface area contributed by atoms with E-state index in [-0.39, 0.29) is 0 Å². The van der Waals surface area contributed by atoms with Gasteiger partial charge in [0.2, 0.25) is 0 Å². The molecule has 0 spiro atoms. The summed E-state index contributed by atoms with van der Waals surface area (Å²) in [7, 11) is 2.18. The average molecular weight is 301 g/mol. The van der Waals surface area contributed by atoms with Gasteiger partial charge in [0, 0.05) is 44.2 Å². The van der Waals surface area contributed by atoms with Crippen LogP contribution in [0.15, 0.2) is 24.5 Å². The normalized spacial score (nSPS) is 17.0. The van der Waals surface area contributed by atoms with Crippen LogP contribution in [-0.4, -0.2) is 66.1 Å². The van der Waals surface area contributed by atoms with Gasteiger partial charge in [-0.05, 0) is 25.6 Å². The van der Waals surface area contributed by atoms with Crippen LogP contribution in [0.2, 0.25) is 0 Å². The molecule has 1 aromatic carbocycles. The number of ether oxygens (including phenoxy) is 1. The molecule has 1 aliphatic heterocycles. The van der Waals surface area contributed by atoms with Gasteiger partial charge in [-0.3, -0.25) is 0 Å². The summed E-state index contributed by atoms with van der Waals surface area (Å²) in [5.41, 5.74) is 6.64. The number of piperazine rings is 1. The van der Waals surface area contributed by atoms with Gasteiger partial charge in [0.05, 0.1) is 12.1 Å². The van der Waals surface area contributed by atoms with Gasteiger partial charge in [-0.1, -0.05) is 0 Å². The molecular formula is C16H23N5O. The minimum Gasteiger partial charge on any atom is -0.493 e. The van der Waals surface area contributed by atoms with Crippen molar-refractivity contribution in [2.45, 2.75) is 6.42 Å². The van der Waals surface area contributed by atoms with Crippen LogP contribution in [0.3, 0.4) is 0 Å². The highest BCUT2D eigenvalue weighted by Crippen LogP contribution is 2.22. The Morgan fingerprint density at radius 1 is 1.18 bits per heavy atom. The van der Waals surface area contributed by atoms with Crippen molar-refractivity contribution < 1.29 is 4.74 Å². The van der Waals surface area contributed by atoms with Crippen LogP contribution in [0.1, 0.15) is 6.42 Å². The molecule has 0 aliphatic carbocycles. The van der Waals surface area contributed by atoms with E-state index in [0.717, 1.165) is 62.4 Å². The molecule has 118 valence electrons. The van der Waals surface area contributed by atoms with Crippen LogP contribution in [0.5, 0.6) is 5.75 Å². The van der Waals surface area contributed by atoms with Gasteiger partial charge in [-0.25, -0.2) is 9.97 Å². The van der Waals surface area contributed by atoms with Gasteiger partial charge in [0.15, 0.2) is 0 Å². The first kappa shape index (κ1) is 15.0. The number of rotatable bonds is 5. The maximum atomic E-state index is 5.83. The number of aromatic nitrogens is 2. The SMILES string of the molecule is CN1CCN(CCCOc2ccc3c(N)ncnc3c2)CC1. The zero-order valence-electron chi connectivity index (χ0n) is 13.0. The van der Waals surface area contributed by atoms with Gasteiger partial charge in [-0.2, -0.15) is 0 Å². The summed E-state index contributed by atoms with van der Waals surface area (Å²) in [6.07, 6.45) is 2.52. The monoisotopic (exact) mass is 301 g/mol. The highest BCUT2D eigenvalue weighted by Gasteiger charge is 2.12. The molecule has 1 saturated heterocycles. The first-order chi connectivity index (χ1) is 10.7. The Morgan fingerprint density at radius 2 is 2.00 bits per heavy atom. The quantitative estimate of drug-likeness (QED) is 0.838. The molecule has 2 heterocycles. The fourth-order valence-electron chi connectivity index (χ4n) is 2.70. The van der Waals surface area contributed by atoms with Crippen molar-refractivity contribution >= 4 is 16.7 Å². The van der Waals surface area contributed by atoms with Crippen LogP contribution in [0.25, 0.3) is 10.9 Å². The Labute approximate surface area is 130 Å². The Hall–Kier alpha value is -1.92. The molecule has 1 aliphatic rings. The molecule has 0 amide bonds. The van der Waals surface area contributed by atoms with E-state index < -0.39 is 0 Å². The molecule has 1 aromatic heterocycles. The van der Waals surface area contributed by atoms with Crippen LogP contribution in [0, 0.1) is 0 Å². The largest absolute Gasteiger partial charge is 0.493 e. The maximum absolute atomic E-state index is 5.83. The van der Waals surface area contributed by atoms with Gasteiger partial charge >= 0.3 is 0 Å². The molecule has 2 aromatic rings. The Bertz CT molecular complexity index is 625. The molecule has 0 atom stereocenters. The summed E-state index contributed by atoms with van der Waals surface area (Å²) < 4.78 is 5.83. The summed E-state index contributed by atoms with van der Waals surface area (Å²) >= 11 is 0. The number of hydrogen-bond acceptors (Lipinski definition) is 6. The number of likely N-dealkylation sites (N-methyl/N-ethyl adjacent to an activating group) is 1. The second-order valence-corrected chi connectivity index (χ2v) is 5.78. The smallest absolute Gasteiger partial charge is 0.134 e. The second kappa shape index (κ2) is 6.89. The van der Waals surface area contributed by atoms with Crippen molar-refractivity contribution in [2.75, 3.05) is 52.1 Å². The van der Waals surface area contributed by atoms with E-state index in [4.69, 9.17) is 10.5 Å². The van der Waals surface area contributed by atoms with Crippen LogP contribution in [-0.2, 0) is 0 Å². The van der Waals surface area contributed by atoms with E-state index >= 15 is 0 Å². The number of nitrogens with zero attached hydrogens (tertiary/aromatic N) is 4. The van der Waals surface area contributed by atoms with Gasteiger partial charge < -0.3 is 20.3 Å². The number of nitrogens with two attached hydrogens (primary N) is 1. The molecule has 0 bridgehead atoms. The molecule has 0 radical (unpaired) electrons. The molecule has 1 fully saturated rings. The van der Waals surface area contributed by atoms with Gasteiger partial charge in [0.1, 0.15) is 17.9 Å². The van der Waals surface area contributed by atoms with Crippen LogP contribution < -0.4 is 10.5 Å². The molecule has 22 heavy (non-hydrogen) atoms. The zero-order valence-corrected chi connectivity index (χ0v) is 13.0. The number of benzene rings is 1. The van der Waals surface area contributed by atoms with E-state index in [9.17, 15) is 0 Å². The summed E-state index contributed by atoms with van der Waals surface area (Å²) in [6.45, 7) is 6.44. The third-order valence-corrected chi connectivity index (χ3v) is 4.12. The fraction of sp³-hybridized carbons (Fsp3) is 0.500. The summed E-state index contributed by atoms with van der Waals surface area (Å²) in [5, 5.41) is 0.868. The zero-order chi connectivity index (χ0) is 15.4. The van der Waals surface area contributed by atoms with E-state index in [1.54, 1.807) is 0 Å². The Balaban J connectivity index is 1.47. The van der Waals surface area contributed by atoms with Crippen molar-refractivity contribution in [2.24, 2.45) is 0 Å². The lowest BCUT2D eigenvalue weighted by Crippen LogP contribution is -2.44. The number of nitrogen functional groups attached to an aromatic ring is 1. The summed E-state index contributed by atoms with van der Waals surface area (Å²) in [5.74, 6) is 1.34. The number of fused-ring (bicyclic) bond motifs is 1. The lowest BCUT2D eigenvalue weighted by Gasteiger charge is -2.32. The third-order valence-electron chi connectivity index (χ3n) is 4.12. The Morgan fingerprint density at radius 3 is 2.82 bits per heavy atom. The lowest BCUT2D eigenvalue weighted by atomic mass is 10.2. The van der Waals surface area contributed by atoms with Crippen molar-refractivity contribution in [1.82, 2.24) is 19.8 Å². The average Bonchev–Trinajstić information content (AvgIpc) is 2.53. The molecule has 6 nitrogen and oxygen atoms in total. The van der Waals surface area contributed by atoms with Gasteiger partial charge in [0.25, 0.3) is 0 Å². The van der Waals surface area contributed by atoms with E-state index in [0.29, 0.717) is 5.82 Å². The summed E-state index contributed by atoms with van der Waals surface area (Å²) in [4.78, 5) is 13.1. The third kappa shape index (κ3) is 3.64. The minimum absolute atomic E-state index is 0.506. The maximum Gasteiger partial charge on any atom is 0.134 e. The van der Waals surface area contributed by atoms with E-state index in [1.165, 1.54) is 6.33 Å². The predicted octanol–water partition coefficient (Wildman–Crippen LogP) is 1.23. The van der Waals surface area contributed by atoms with Crippen molar-refractivity contribution in [3.05, 3.63) is 24.5 Å². The Kier molecular flexibility index (Phi) is 4.70. The molecule has 2 N–H and O–H groups in total. The second-order valence-electron chi connectivity index (χ2n) is 5.78. The highest BCUT2D eigenvalue weighted by atomic mass is 16.5. The van der Waals surface area contributed by atoms with E-state index in [2.05, 4.69) is 26.8 Å². The standard InChI is InChI=1S/C16H23N5O/c1-20-6-8-21(9-7-20)5-2-10-22-13-3-4-14-15(11-13)18-12-19-16(14)17/h3-4,11-12H,2,5-10H2,1H3,(H2,17,18,19). The topological polar surface area (TPSA) is 67.5 Å².